The lowest BCUT2D eigenvalue weighted by molar-refractivity contribution is -0.117. The second-order valence-corrected chi connectivity index (χ2v) is 7.18. The number of anilines is 2. The fraction of sp³-hybridized carbons (Fsp3) is 0.389. The van der Waals surface area contributed by atoms with E-state index in [-0.39, 0.29) is 37.1 Å². The maximum Gasteiger partial charge on any atom is 0.322 e. The van der Waals surface area contributed by atoms with Crippen molar-refractivity contribution < 1.29 is 27.9 Å². The summed E-state index contributed by atoms with van der Waals surface area (Å²) in [5.41, 5.74) is 0.906. The predicted octanol–water partition coefficient (Wildman–Crippen LogP) is 1.83. The Kier molecular flexibility index (Phi) is 4.69. The number of nitrogens with one attached hydrogen (secondary N) is 1. The van der Waals surface area contributed by atoms with Crippen LogP contribution in [0.1, 0.15) is 19.0 Å². The molecule has 0 unspecified atom stereocenters. The average Bonchev–Trinajstić information content (AvgIpc) is 3.20. The molecule has 0 saturated carbocycles. The van der Waals surface area contributed by atoms with Crippen molar-refractivity contribution in [2.45, 2.75) is 38.6 Å². The molecule has 1 aromatic heterocycles. The van der Waals surface area contributed by atoms with Crippen molar-refractivity contribution in [2.75, 3.05) is 16.8 Å². The molecule has 11 heteroatoms. The number of hydrogen-bond acceptors (Lipinski definition) is 4. The number of aromatic nitrogens is 2. The van der Waals surface area contributed by atoms with Crippen LogP contribution in [0.15, 0.2) is 18.3 Å². The van der Waals surface area contributed by atoms with Crippen LogP contribution in [0.25, 0.3) is 0 Å². The maximum absolute atomic E-state index is 13.4. The second kappa shape index (κ2) is 7.07. The molecule has 8 nitrogen and oxygen atoms in total. The van der Waals surface area contributed by atoms with Gasteiger partial charge in [-0.1, -0.05) is 0 Å². The van der Waals surface area contributed by atoms with E-state index in [9.17, 15) is 27.9 Å². The maximum atomic E-state index is 13.4. The van der Waals surface area contributed by atoms with E-state index in [2.05, 4.69) is 10.4 Å². The molecule has 0 spiro atoms. The highest BCUT2D eigenvalue weighted by Gasteiger charge is 2.35. The van der Waals surface area contributed by atoms with Gasteiger partial charge in [-0.15, -0.1) is 0 Å². The van der Waals surface area contributed by atoms with Crippen molar-refractivity contribution >= 4 is 23.3 Å². The van der Waals surface area contributed by atoms with Gasteiger partial charge in [0, 0.05) is 17.8 Å². The van der Waals surface area contributed by atoms with Crippen molar-refractivity contribution in [3.63, 3.8) is 0 Å². The molecular weight excluding hydrogens is 391 g/mol. The number of carbonyl (C=O) groups is 2. The number of hydrogen-bond donors (Lipinski definition) is 2. The van der Waals surface area contributed by atoms with Crippen molar-refractivity contribution in [1.29, 1.82) is 0 Å². The SMILES string of the molecule is C[C@H]1Cn2ncc(N3C[C@H](O)CC3=O)c2CN1C(=O)Nc1cc(F)c(F)c(F)c1. The standard InChI is InChI=1S/C18H18F3N5O3/c1-9-6-26-15(14(5-22-26)25-7-11(27)4-16(25)28)8-24(9)18(29)23-10-2-12(19)17(21)13(20)3-10/h2-3,5,9,11,27H,4,6-8H2,1H3,(H,23,29)/t9-,11+/m0/s1. The van der Waals surface area contributed by atoms with E-state index in [1.807, 2.05) is 0 Å². The number of urea groups is 1. The lowest BCUT2D eigenvalue weighted by Crippen LogP contribution is -2.47. The Hall–Kier alpha value is -3.08. The molecule has 154 valence electrons. The lowest BCUT2D eigenvalue weighted by atomic mass is 10.2. The Morgan fingerprint density at radius 1 is 1.24 bits per heavy atom. The van der Waals surface area contributed by atoms with Crippen molar-refractivity contribution in [2.24, 2.45) is 0 Å². The molecule has 1 aromatic carbocycles. The first kappa shape index (κ1) is 19.2. The zero-order chi connectivity index (χ0) is 20.9. The van der Waals surface area contributed by atoms with Gasteiger partial charge in [-0.05, 0) is 6.92 Å². The summed E-state index contributed by atoms with van der Waals surface area (Å²) in [5, 5.41) is 16.4. The number of nitrogens with zero attached hydrogens (tertiary/aromatic N) is 4. The molecule has 0 radical (unpaired) electrons. The van der Waals surface area contributed by atoms with E-state index in [1.165, 1.54) is 16.0 Å². The van der Waals surface area contributed by atoms with Gasteiger partial charge in [0.1, 0.15) is 0 Å². The first-order valence-electron chi connectivity index (χ1n) is 9.00. The van der Waals surface area contributed by atoms with Crippen LogP contribution in [-0.4, -0.2) is 50.4 Å². The Morgan fingerprint density at radius 2 is 1.93 bits per heavy atom. The molecule has 3 heterocycles. The molecule has 1 fully saturated rings. The molecule has 2 aromatic rings. The third-order valence-corrected chi connectivity index (χ3v) is 5.11. The van der Waals surface area contributed by atoms with Crippen LogP contribution < -0.4 is 10.2 Å². The number of rotatable bonds is 2. The normalized spacial score (nSPS) is 21.5. The molecule has 2 atom stereocenters. The van der Waals surface area contributed by atoms with E-state index < -0.39 is 29.6 Å². The lowest BCUT2D eigenvalue weighted by Gasteiger charge is -2.35. The van der Waals surface area contributed by atoms with E-state index in [4.69, 9.17) is 0 Å². The zero-order valence-corrected chi connectivity index (χ0v) is 15.4. The summed E-state index contributed by atoms with van der Waals surface area (Å²) < 4.78 is 41.6. The van der Waals surface area contributed by atoms with Gasteiger partial charge in [0.25, 0.3) is 0 Å². The predicted molar refractivity (Wildman–Crippen MR) is 95.5 cm³/mol. The van der Waals surface area contributed by atoms with Crippen LogP contribution in [0.2, 0.25) is 0 Å². The largest absolute Gasteiger partial charge is 0.391 e. The van der Waals surface area contributed by atoms with Crippen LogP contribution in [0, 0.1) is 17.5 Å². The Morgan fingerprint density at radius 3 is 2.55 bits per heavy atom. The molecule has 1 saturated heterocycles. The Bertz CT molecular complexity index is 972. The Balaban J connectivity index is 1.56. The molecule has 29 heavy (non-hydrogen) atoms. The fourth-order valence-corrected chi connectivity index (χ4v) is 3.63. The van der Waals surface area contributed by atoms with Crippen LogP contribution in [0.4, 0.5) is 29.3 Å². The minimum absolute atomic E-state index is 0.0208. The number of aliphatic hydroxyl groups excluding tert-OH is 1. The first-order chi connectivity index (χ1) is 13.7. The van der Waals surface area contributed by atoms with Crippen LogP contribution in [0.5, 0.6) is 0 Å². The van der Waals surface area contributed by atoms with E-state index >= 15 is 0 Å². The third kappa shape index (κ3) is 3.41. The van der Waals surface area contributed by atoms with Crippen LogP contribution >= 0.6 is 0 Å². The molecule has 3 amide bonds. The monoisotopic (exact) mass is 409 g/mol. The highest BCUT2D eigenvalue weighted by Crippen LogP contribution is 2.30. The van der Waals surface area contributed by atoms with Gasteiger partial charge < -0.3 is 20.2 Å². The van der Waals surface area contributed by atoms with Crippen molar-refractivity contribution in [3.8, 4) is 0 Å². The smallest absolute Gasteiger partial charge is 0.322 e. The number of carbonyl (C=O) groups excluding carboxylic acids is 2. The molecule has 2 aliphatic rings. The van der Waals surface area contributed by atoms with Crippen molar-refractivity contribution in [3.05, 3.63) is 41.5 Å². The molecule has 2 aliphatic heterocycles. The van der Waals surface area contributed by atoms with Crippen molar-refractivity contribution in [1.82, 2.24) is 14.7 Å². The van der Waals surface area contributed by atoms with E-state index in [1.54, 1.807) is 11.6 Å². The number of halogens is 3. The van der Waals surface area contributed by atoms with Gasteiger partial charge in [0.05, 0.1) is 55.8 Å². The third-order valence-electron chi connectivity index (χ3n) is 5.11. The second-order valence-electron chi connectivity index (χ2n) is 7.18. The number of amides is 3. The number of β-amino-alcohol motifs (C(OH)–C–C–N with tert-alkyl or cyclic N) is 1. The average molecular weight is 409 g/mol. The minimum atomic E-state index is -1.61. The van der Waals surface area contributed by atoms with Gasteiger partial charge in [0.2, 0.25) is 5.91 Å². The first-order valence-corrected chi connectivity index (χ1v) is 9.00. The number of aliphatic hydroxyl groups is 1. The highest BCUT2D eigenvalue weighted by atomic mass is 19.2. The molecule has 4 rings (SSSR count). The van der Waals surface area contributed by atoms with E-state index in [0.29, 0.717) is 30.1 Å². The van der Waals surface area contributed by atoms with Gasteiger partial charge in [-0.25, -0.2) is 18.0 Å². The molecular formula is C18H18F3N5O3. The van der Waals surface area contributed by atoms with E-state index in [0.717, 1.165) is 0 Å². The molecule has 2 N–H and O–H groups in total. The minimum Gasteiger partial charge on any atom is -0.391 e. The summed E-state index contributed by atoms with van der Waals surface area (Å²) in [6, 6.07) is 0.467. The number of fused-ring (bicyclic) bond motifs is 1. The van der Waals surface area contributed by atoms with Gasteiger partial charge in [-0.2, -0.15) is 5.10 Å². The summed E-state index contributed by atoms with van der Waals surface area (Å²) in [7, 11) is 0. The topological polar surface area (TPSA) is 90.7 Å². The van der Waals surface area contributed by atoms with Crippen LogP contribution in [0.3, 0.4) is 0 Å². The van der Waals surface area contributed by atoms with Gasteiger partial charge >= 0.3 is 6.03 Å². The van der Waals surface area contributed by atoms with Gasteiger partial charge in [-0.3, -0.25) is 9.48 Å². The summed E-state index contributed by atoms with van der Waals surface area (Å²) in [6.45, 7) is 2.36. The van der Waals surface area contributed by atoms with Gasteiger partial charge in [0.15, 0.2) is 17.5 Å². The number of benzene rings is 1. The zero-order valence-electron chi connectivity index (χ0n) is 15.4. The molecule has 0 aliphatic carbocycles. The molecule has 0 bridgehead atoms. The summed E-state index contributed by atoms with van der Waals surface area (Å²) in [4.78, 5) is 27.7. The summed E-state index contributed by atoms with van der Waals surface area (Å²) >= 11 is 0. The van der Waals surface area contributed by atoms with Crippen LogP contribution in [-0.2, 0) is 17.9 Å². The fourth-order valence-electron chi connectivity index (χ4n) is 3.63. The Labute approximate surface area is 163 Å². The highest BCUT2D eigenvalue weighted by molar-refractivity contribution is 5.96. The summed E-state index contributed by atoms with van der Waals surface area (Å²) in [5.74, 6) is -4.66. The summed E-state index contributed by atoms with van der Waals surface area (Å²) in [6.07, 6.45) is 0.778. The quantitative estimate of drug-likeness (QED) is 0.741.